The molecule has 1 N–H and O–H groups in total. The van der Waals surface area contributed by atoms with Crippen molar-refractivity contribution in [3.05, 3.63) is 39.0 Å². The van der Waals surface area contributed by atoms with Gasteiger partial charge in [-0.05, 0) is 52.6 Å². The molecule has 0 aliphatic heterocycles. The first-order chi connectivity index (χ1) is 8.11. The van der Waals surface area contributed by atoms with E-state index in [1.54, 1.807) is 6.07 Å². The van der Waals surface area contributed by atoms with Crippen LogP contribution in [-0.4, -0.2) is 4.37 Å². The van der Waals surface area contributed by atoms with Crippen LogP contribution in [0.3, 0.4) is 0 Å². The highest BCUT2D eigenvalue weighted by molar-refractivity contribution is 9.10. The van der Waals surface area contributed by atoms with Gasteiger partial charge in [0.1, 0.15) is 16.6 Å². The zero-order valence-corrected chi connectivity index (χ0v) is 11.9. The second-order valence-corrected chi connectivity index (χ2v) is 5.37. The standard InChI is InChI=1S/C11H7BrClN3S/c1-6-8(5-14)11(17-16-6)15-7-2-3-10(13)9(12)4-7/h2-4,15H,1H3. The van der Waals surface area contributed by atoms with Crippen LogP contribution < -0.4 is 5.32 Å². The van der Waals surface area contributed by atoms with Gasteiger partial charge in [0.05, 0.1) is 10.7 Å². The van der Waals surface area contributed by atoms with E-state index in [1.165, 1.54) is 11.5 Å². The fourth-order valence-electron chi connectivity index (χ4n) is 1.29. The fraction of sp³-hybridized carbons (Fsp3) is 0.0909. The number of benzene rings is 1. The Bertz CT molecular complexity index is 603. The molecule has 0 aliphatic rings. The van der Waals surface area contributed by atoms with Gasteiger partial charge < -0.3 is 5.32 Å². The van der Waals surface area contributed by atoms with Crippen molar-refractivity contribution in [3.8, 4) is 6.07 Å². The van der Waals surface area contributed by atoms with Crippen molar-refractivity contribution >= 4 is 49.8 Å². The van der Waals surface area contributed by atoms with Gasteiger partial charge in [-0.25, -0.2) is 0 Å². The summed E-state index contributed by atoms with van der Waals surface area (Å²) in [6, 6.07) is 7.63. The third-order valence-corrected chi connectivity index (χ3v) is 4.22. The molecule has 86 valence electrons. The average molecular weight is 329 g/mol. The van der Waals surface area contributed by atoms with Crippen LogP contribution in [0.2, 0.25) is 5.02 Å². The highest BCUT2D eigenvalue weighted by Gasteiger charge is 2.10. The Morgan fingerprint density at radius 3 is 2.94 bits per heavy atom. The van der Waals surface area contributed by atoms with Crippen molar-refractivity contribution in [1.82, 2.24) is 4.37 Å². The molecule has 2 rings (SSSR count). The number of hydrogen-bond acceptors (Lipinski definition) is 4. The lowest BCUT2D eigenvalue weighted by molar-refractivity contribution is 1.31. The van der Waals surface area contributed by atoms with Gasteiger partial charge in [0.15, 0.2) is 0 Å². The van der Waals surface area contributed by atoms with Crippen LogP contribution in [0.15, 0.2) is 22.7 Å². The molecule has 0 atom stereocenters. The SMILES string of the molecule is Cc1nsc(Nc2ccc(Cl)c(Br)c2)c1C#N. The minimum absolute atomic E-state index is 0.584. The van der Waals surface area contributed by atoms with Crippen molar-refractivity contribution in [3.63, 3.8) is 0 Å². The Labute approximate surface area is 116 Å². The summed E-state index contributed by atoms with van der Waals surface area (Å²) in [6.07, 6.45) is 0. The van der Waals surface area contributed by atoms with Crippen molar-refractivity contribution < 1.29 is 0 Å². The van der Waals surface area contributed by atoms with E-state index in [2.05, 4.69) is 31.7 Å². The molecule has 17 heavy (non-hydrogen) atoms. The predicted octanol–water partition coefficient (Wildman–Crippen LogP) is 4.48. The summed E-state index contributed by atoms with van der Waals surface area (Å²) in [5.74, 6) is 0. The maximum Gasteiger partial charge on any atom is 0.132 e. The number of aryl methyl sites for hydroxylation is 1. The first kappa shape index (κ1) is 12.4. The molecule has 0 aliphatic carbocycles. The Morgan fingerprint density at radius 1 is 1.53 bits per heavy atom. The molecule has 3 nitrogen and oxygen atoms in total. The zero-order chi connectivity index (χ0) is 12.4. The topological polar surface area (TPSA) is 48.7 Å². The average Bonchev–Trinajstić information content (AvgIpc) is 2.64. The molecule has 0 bridgehead atoms. The molecular weight excluding hydrogens is 322 g/mol. The van der Waals surface area contributed by atoms with E-state index in [1.807, 2.05) is 19.1 Å². The van der Waals surface area contributed by atoms with E-state index in [4.69, 9.17) is 16.9 Å². The Balaban J connectivity index is 2.32. The number of nitrogens with zero attached hydrogens (tertiary/aromatic N) is 2. The second kappa shape index (κ2) is 5.05. The Kier molecular flexibility index (Phi) is 3.67. The summed E-state index contributed by atoms with van der Waals surface area (Å²) in [5, 5.41) is 13.6. The van der Waals surface area contributed by atoms with E-state index in [0.717, 1.165) is 20.9 Å². The van der Waals surface area contributed by atoms with Crippen LogP contribution in [0.5, 0.6) is 0 Å². The molecule has 0 fully saturated rings. The van der Waals surface area contributed by atoms with Crippen molar-refractivity contribution in [2.24, 2.45) is 0 Å². The van der Waals surface area contributed by atoms with Crippen LogP contribution in [0.4, 0.5) is 10.7 Å². The molecule has 6 heteroatoms. The Hall–Kier alpha value is -1.09. The summed E-state index contributed by atoms with van der Waals surface area (Å²) >= 11 is 10.5. The largest absolute Gasteiger partial charge is 0.345 e. The molecule has 1 aromatic carbocycles. The van der Waals surface area contributed by atoms with Gasteiger partial charge in [-0.15, -0.1) is 0 Å². The van der Waals surface area contributed by atoms with E-state index >= 15 is 0 Å². The predicted molar refractivity (Wildman–Crippen MR) is 74.0 cm³/mol. The lowest BCUT2D eigenvalue weighted by Crippen LogP contribution is -1.90. The van der Waals surface area contributed by atoms with Gasteiger partial charge in [0, 0.05) is 10.2 Å². The minimum atomic E-state index is 0.584. The normalized spacial score (nSPS) is 10.0. The van der Waals surface area contributed by atoms with E-state index < -0.39 is 0 Å². The van der Waals surface area contributed by atoms with Crippen molar-refractivity contribution in [1.29, 1.82) is 5.26 Å². The van der Waals surface area contributed by atoms with Gasteiger partial charge in [-0.3, -0.25) is 0 Å². The molecule has 2 aromatic rings. The van der Waals surface area contributed by atoms with Gasteiger partial charge in [0.2, 0.25) is 0 Å². The fourth-order valence-corrected chi connectivity index (χ4v) is 2.56. The first-order valence-electron chi connectivity index (χ1n) is 4.70. The van der Waals surface area contributed by atoms with Crippen LogP contribution in [0.25, 0.3) is 0 Å². The van der Waals surface area contributed by atoms with Crippen LogP contribution in [-0.2, 0) is 0 Å². The van der Waals surface area contributed by atoms with Gasteiger partial charge in [0.25, 0.3) is 0 Å². The molecule has 0 radical (unpaired) electrons. The number of halogens is 2. The molecule has 1 aromatic heterocycles. The van der Waals surface area contributed by atoms with Crippen LogP contribution >= 0.6 is 39.1 Å². The van der Waals surface area contributed by atoms with Gasteiger partial charge >= 0.3 is 0 Å². The van der Waals surface area contributed by atoms with Gasteiger partial charge in [-0.2, -0.15) is 9.64 Å². The third kappa shape index (κ3) is 2.60. The number of nitriles is 1. The summed E-state index contributed by atoms with van der Waals surface area (Å²) in [6.45, 7) is 1.82. The van der Waals surface area contributed by atoms with E-state index in [9.17, 15) is 0 Å². The number of aromatic nitrogens is 1. The zero-order valence-electron chi connectivity index (χ0n) is 8.79. The molecule has 0 unspecified atom stereocenters. The Morgan fingerprint density at radius 2 is 2.29 bits per heavy atom. The highest BCUT2D eigenvalue weighted by Crippen LogP contribution is 2.30. The monoisotopic (exact) mass is 327 g/mol. The molecule has 1 heterocycles. The maximum absolute atomic E-state index is 9.01. The number of hydrogen-bond donors (Lipinski definition) is 1. The smallest absolute Gasteiger partial charge is 0.132 e. The number of rotatable bonds is 2. The summed E-state index contributed by atoms with van der Waals surface area (Å²) in [4.78, 5) is 0. The summed E-state index contributed by atoms with van der Waals surface area (Å²) in [7, 11) is 0. The lowest BCUT2D eigenvalue weighted by Gasteiger charge is -2.05. The van der Waals surface area contributed by atoms with Crippen molar-refractivity contribution in [2.45, 2.75) is 6.92 Å². The third-order valence-electron chi connectivity index (χ3n) is 2.15. The number of anilines is 2. The van der Waals surface area contributed by atoms with Gasteiger partial charge in [-0.1, -0.05) is 11.6 Å². The minimum Gasteiger partial charge on any atom is -0.345 e. The van der Waals surface area contributed by atoms with E-state index in [0.29, 0.717) is 10.6 Å². The quantitative estimate of drug-likeness (QED) is 0.884. The van der Waals surface area contributed by atoms with E-state index in [-0.39, 0.29) is 0 Å². The molecule has 0 spiro atoms. The molecule has 0 saturated heterocycles. The number of nitrogens with one attached hydrogen (secondary N) is 1. The molecule has 0 saturated carbocycles. The van der Waals surface area contributed by atoms with Crippen molar-refractivity contribution in [2.75, 3.05) is 5.32 Å². The first-order valence-corrected chi connectivity index (χ1v) is 6.64. The summed E-state index contributed by atoms with van der Waals surface area (Å²) in [5.41, 5.74) is 2.19. The highest BCUT2D eigenvalue weighted by atomic mass is 79.9. The molecular formula is C11H7BrClN3S. The molecule has 0 amide bonds. The van der Waals surface area contributed by atoms with Crippen LogP contribution in [0.1, 0.15) is 11.3 Å². The second-order valence-electron chi connectivity index (χ2n) is 3.34. The maximum atomic E-state index is 9.01. The summed E-state index contributed by atoms with van der Waals surface area (Å²) < 4.78 is 4.95. The van der Waals surface area contributed by atoms with Crippen LogP contribution in [0, 0.1) is 18.3 Å². The lowest BCUT2D eigenvalue weighted by atomic mass is 10.2.